The van der Waals surface area contributed by atoms with Crippen LogP contribution in [0.15, 0.2) is 24.3 Å². The number of halogens is 1. The van der Waals surface area contributed by atoms with E-state index in [-0.39, 0.29) is 18.3 Å². The summed E-state index contributed by atoms with van der Waals surface area (Å²) in [6, 6.07) is 7.74. The molecule has 112 valence electrons. The van der Waals surface area contributed by atoms with E-state index < -0.39 is 0 Å². The summed E-state index contributed by atoms with van der Waals surface area (Å²) >= 11 is 0. The van der Waals surface area contributed by atoms with Gasteiger partial charge in [-0.25, -0.2) is 0 Å². The van der Waals surface area contributed by atoms with Gasteiger partial charge in [-0.15, -0.1) is 12.4 Å². The zero-order chi connectivity index (χ0) is 13.7. The van der Waals surface area contributed by atoms with Crippen LogP contribution < -0.4 is 15.8 Å². The molecule has 1 unspecified atom stereocenters. The predicted octanol–water partition coefficient (Wildman–Crippen LogP) is 1.48. The third-order valence-electron chi connectivity index (χ3n) is 3.50. The Kier molecular flexibility index (Phi) is 6.78. The van der Waals surface area contributed by atoms with Gasteiger partial charge in [0.15, 0.2) is 0 Å². The predicted molar refractivity (Wildman–Crippen MR) is 82.5 cm³/mol. The smallest absolute Gasteiger partial charge is 0.238 e. The number of methoxy groups -OCH3 is 1. The van der Waals surface area contributed by atoms with Gasteiger partial charge in [0.25, 0.3) is 0 Å². The SMILES string of the molecule is COc1ccccc1NC(=O)CN1CCCC1CN.Cl. The minimum absolute atomic E-state index is 0. The van der Waals surface area contributed by atoms with Crippen molar-refractivity contribution in [2.45, 2.75) is 18.9 Å². The molecule has 5 nitrogen and oxygen atoms in total. The summed E-state index contributed by atoms with van der Waals surface area (Å²) in [5.41, 5.74) is 6.41. The van der Waals surface area contributed by atoms with Gasteiger partial charge >= 0.3 is 0 Å². The van der Waals surface area contributed by atoms with Crippen molar-refractivity contribution in [1.82, 2.24) is 4.90 Å². The van der Waals surface area contributed by atoms with Crippen molar-refractivity contribution in [3.05, 3.63) is 24.3 Å². The van der Waals surface area contributed by atoms with Crippen molar-refractivity contribution in [2.75, 3.05) is 32.1 Å². The molecule has 1 aliphatic heterocycles. The summed E-state index contributed by atoms with van der Waals surface area (Å²) in [4.78, 5) is 14.2. The molecule has 1 fully saturated rings. The van der Waals surface area contributed by atoms with Crippen LogP contribution in [0.5, 0.6) is 5.75 Å². The molecule has 1 aliphatic rings. The van der Waals surface area contributed by atoms with Gasteiger partial charge in [-0.2, -0.15) is 0 Å². The molecule has 0 aromatic heterocycles. The average Bonchev–Trinajstić information content (AvgIpc) is 2.86. The van der Waals surface area contributed by atoms with Crippen molar-refractivity contribution >= 4 is 24.0 Å². The normalized spacial score (nSPS) is 18.4. The van der Waals surface area contributed by atoms with Gasteiger partial charge in [-0.1, -0.05) is 12.1 Å². The van der Waals surface area contributed by atoms with Gasteiger partial charge in [-0.05, 0) is 31.5 Å². The number of carbonyl (C=O) groups excluding carboxylic acids is 1. The molecule has 3 N–H and O–H groups in total. The molecule has 0 radical (unpaired) electrons. The number of para-hydroxylation sites is 2. The molecule has 20 heavy (non-hydrogen) atoms. The number of nitrogens with one attached hydrogen (secondary N) is 1. The minimum Gasteiger partial charge on any atom is -0.495 e. The molecule has 0 aliphatic carbocycles. The number of ether oxygens (including phenoxy) is 1. The summed E-state index contributed by atoms with van der Waals surface area (Å²) in [6.07, 6.45) is 2.20. The van der Waals surface area contributed by atoms with Crippen molar-refractivity contribution in [1.29, 1.82) is 0 Å². The number of hydrogen-bond acceptors (Lipinski definition) is 4. The summed E-state index contributed by atoms with van der Waals surface area (Å²) in [6.45, 7) is 1.95. The van der Waals surface area contributed by atoms with Crippen LogP contribution in [-0.4, -0.2) is 43.6 Å². The van der Waals surface area contributed by atoms with E-state index in [0.29, 0.717) is 30.6 Å². The zero-order valence-electron chi connectivity index (χ0n) is 11.7. The summed E-state index contributed by atoms with van der Waals surface area (Å²) in [5, 5.41) is 2.89. The first kappa shape index (κ1) is 16.8. The molecule has 0 bridgehead atoms. The van der Waals surface area contributed by atoms with Crippen molar-refractivity contribution in [2.24, 2.45) is 5.73 Å². The zero-order valence-corrected chi connectivity index (χ0v) is 12.5. The fourth-order valence-electron chi connectivity index (χ4n) is 2.49. The Labute approximate surface area is 125 Å². The maximum absolute atomic E-state index is 12.0. The van der Waals surface area contributed by atoms with E-state index in [1.165, 1.54) is 0 Å². The number of anilines is 1. The highest BCUT2D eigenvalue weighted by Crippen LogP contribution is 2.23. The fraction of sp³-hybridized carbons (Fsp3) is 0.500. The van der Waals surface area contributed by atoms with E-state index in [0.717, 1.165) is 19.4 Å². The molecule has 1 aromatic rings. The number of carbonyl (C=O) groups is 1. The van der Waals surface area contributed by atoms with Gasteiger partial charge < -0.3 is 15.8 Å². The number of nitrogens with zero attached hydrogens (tertiary/aromatic N) is 1. The molecule has 1 aromatic carbocycles. The number of benzene rings is 1. The summed E-state index contributed by atoms with van der Waals surface area (Å²) < 4.78 is 5.21. The van der Waals surface area contributed by atoms with Crippen LogP contribution in [0.4, 0.5) is 5.69 Å². The quantitative estimate of drug-likeness (QED) is 0.864. The summed E-state index contributed by atoms with van der Waals surface area (Å²) in [7, 11) is 1.59. The van der Waals surface area contributed by atoms with Gasteiger partial charge in [0, 0.05) is 12.6 Å². The van der Waals surface area contributed by atoms with Gasteiger partial charge in [-0.3, -0.25) is 9.69 Å². The molecule has 0 saturated carbocycles. The van der Waals surface area contributed by atoms with Gasteiger partial charge in [0.2, 0.25) is 5.91 Å². The lowest BCUT2D eigenvalue weighted by Crippen LogP contribution is -2.40. The van der Waals surface area contributed by atoms with Crippen LogP contribution in [0.25, 0.3) is 0 Å². The minimum atomic E-state index is -0.0233. The molecule has 0 spiro atoms. The first-order chi connectivity index (χ1) is 9.24. The largest absolute Gasteiger partial charge is 0.495 e. The summed E-state index contributed by atoms with van der Waals surface area (Å²) in [5.74, 6) is 0.650. The lowest BCUT2D eigenvalue weighted by molar-refractivity contribution is -0.117. The fourth-order valence-corrected chi connectivity index (χ4v) is 2.49. The van der Waals surface area contributed by atoms with Gasteiger partial charge in [0.05, 0.1) is 19.3 Å². The maximum atomic E-state index is 12.0. The van der Waals surface area contributed by atoms with Crippen LogP contribution in [0, 0.1) is 0 Å². The van der Waals surface area contributed by atoms with Crippen LogP contribution in [-0.2, 0) is 4.79 Å². The lowest BCUT2D eigenvalue weighted by Gasteiger charge is -2.22. The highest BCUT2D eigenvalue weighted by molar-refractivity contribution is 5.93. The Balaban J connectivity index is 0.00000200. The highest BCUT2D eigenvalue weighted by Gasteiger charge is 2.25. The standard InChI is InChI=1S/C14H21N3O2.ClH/c1-19-13-7-3-2-6-12(13)16-14(18)10-17-8-4-5-11(17)9-15;/h2-3,6-7,11H,4-5,8-10,15H2,1H3,(H,16,18);1H. The van der Waals surface area contributed by atoms with Crippen molar-refractivity contribution < 1.29 is 9.53 Å². The van der Waals surface area contributed by atoms with Crippen molar-refractivity contribution in [3.8, 4) is 5.75 Å². The number of amides is 1. The highest BCUT2D eigenvalue weighted by atomic mass is 35.5. The third kappa shape index (κ3) is 4.10. The van der Waals surface area contributed by atoms with E-state index in [9.17, 15) is 4.79 Å². The lowest BCUT2D eigenvalue weighted by atomic mass is 10.2. The number of hydrogen-bond donors (Lipinski definition) is 2. The Morgan fingerprint density at radius 2 is 2.25 bits per heavy atom. The second kappa shape index (κ2) is 8.09. The van der Waals surface area contributed by atoms with Crippen LogP contribution in [0.1, 0.15) is 12.8 Å². The van der Waals surface area contributed by atoms with Crippen LogP contribution >= 0.6 is 12.4 Å². The maximum Gasteiger partial charge on any atom is 0.238 e. The first-order valence-corrected chi connectivity index (χ1v) is 6.61. The van der Waals surface area contributed by atoms with E-state index >= 15 is 0 Å². The molecule has 1 saturated heterocycles. The molecule has 2 rings (SSSR count). The Morgan fingerprint density at radius 3 is 2.95 bits per heavy atom. The van der Waals surface area contributed by atoms with Crippen LogP contribution in [0.2, 0.25) is 0 Å². The van der Waals surface area contributed by atoms with E-state index in [1.807, 2.05) is 24.3 Å². The van der Waals surface area contributed by atoms with E-state index in [2.05, 4.69) is 10.2 Å². The van der Waals surface area contributed by atoms with E-state index in [4.69, 9.17) is 10.5 Å². The second-order valence-electron chi connectivity index (χ2n) is 4.75. The molecule has 6 heteroatoms. The molecular formula is C14H22ClN3O2. The van der Waals surface area contributed by atoms with Crippen LogP contribution in [0.3, 0.4) is 0 Å². The number of nitrogens with two attached hydrogens (primary N) is 1. The Bertz CT molecular complexity index is 442. The Hall–Kier alpha value is -1.30. The van der Waals surface area contributed by atoms with E-state index in [1.54, 1.807) is 7.11 Å². The molecule has 1 atom stereocenters. The molecule has 1 heterocycles. The average molecular weight is 300 g/mol. The number of likely N-dealkylation sites (tertiary alicyclic amines) is 1. The first-order valence-electron chi connectivity index (χ1n) is 6.61. The van der Waals surface area contributed by atoms with Crippen molar-refractivity contribution in [3.63, 3.8) is 0 Å². The number of rotatable bonds is 5. The van der Waals surface area contributed by atoms with Gasteiger partial charge in [0.1, 0.15) is 5.75 Å². The monoisotopic (exact) mass is 299 g/mol. The molecular weight excluding hydrogens is 278 g/mol. The Morgan fingerprint density at radius 1 is 1.50 bits per heavy atom. The topological polar surface area (TPSA) is 67.6 Å². The second-order valence-corrected chi connectivity index (χ2v) is 4.75. The third-order valence-corrected chi connectivity index (χ3v) is 3.50. The molecule has 1 amide bonds.